The summed E-state index contributed by atoms with van der Waals surface area (Å²) in [5.74, 6) is 0.139. The first-order chi connectivity index (χ1) is 8.95. The van der Waals surface area contributed by atoms with Crippen LogP contribution >= 0.6 is 23.2 Å². The number of rotatable bonds is 3. The summed E-state index contributed by atoms with van der Waals surface area (Å²) < 4.78 is 25.1. The molecule has 7 heteroatoms. The Bertz CT molecular complexity index is 535. The van der Waals surface area contributed by atoms with E-state index in [1.165, 1.54) is 4.31 Å². The van der Waals surface area contributed by atoms with Crippen LogP contribution in [0.5, 0.6) is 0 Å². The third-order valence-corrected chi connectivity index (χ3v) is 5.74. The fourth-order valence-corrected chi connectivity index (χ4v) is 3.88. The maximum absolute atomic E-state index is 11.8. The lowest BCUT2D eigenvalue weighted by molar-refractivity contribution is 0.385. The Morgan fingerprint density at radius 1 is 1.11 bits per heavy atom. The van der Waals surface area contributed by atoms with Gasteiger partial charge in [-0.15, -0.1) is 0 Å². The molecule has 1 aromatic rings. The van der Waals surface area contributed by atoms with E-state index in [0.717, 1.165) is 5.69 Å². The molecule has 1 heterocycles. The highest BCUT2D eigenvalue weighted by Crippen LogP contribution is 2.34. The van der Waals surface area contributed by atoms with E-state index < -0.39 is 10.0 Å². The Kier molecular flexibility index (Phi) is 4.61. The van der Waals surface area contributed by atoms with Gasteiger partial charge in [-0.2, -0.15) is 4.31 Å². The summed E-state index contributed by atoms with van der Waals surface area (Å²) in [7, 11) is -3.11. The van der Waals surface area contributed by atoms with Crippen molar-refractivity contribution in [3.05, 3.63) is 28.2 Å². The molecule has 1 aromatic carbocycles. The largest absolute Gasteiger partial charge is 0.366 e. The van der Waals surface area contributed by atoms with Gasteiger partial charge in [-0.25, -0.2) is 8.42 Å². The number of hydrogen-bond donors (Lipinski definition) is 0. The Morgan fingerprint density at radius 2 is 1.63 bits per heavy atom. The van der Waals surface area contributed by atoms with E-state index in [2.05, 4.69) is 0 Å². The van der Waals surface area contributed by atoms with Gasteiger partial charge in [0.1, 0.15) is 0 Å². The molecule has 1 aliphatic rings. The van der Waals surface area contributed by atoms with Gasteiger partial charge in [0, 0.05) is 26.2 Å². The predicted molar refractivity (Wildman–Crippen MR) is 79.7 cm³/mol. The molecule has 0 aliphatic carbocycles. The van der Waals surface area contributed by atoms with Crippen molar-refractivity contribution >= 4 is 38.9 Å². The molecule has 0 aromatic heterocycles. The van der Waals surface area contributed by atoms with E-state index in [1.807, 2.05) is 4.90 Å². The molecule has 0 atom stereocenters. The van der Waals surface area contributed by atoms with E-state index in [4.69, 9.17) is 23.2 Å². The molecule has 1 fully saturated rings. The molecule has 106 valence electrons. The molecule has 0 spiro atoms. The predicted octanol–water partition coefficient (Wildman–Crippen LogP) is 2.47. The second kappa shape index (κ2) is 5.87. The van der Waals surface area contributed by atoms with Gasteiger partial charge in [-0.3, -0.25) is 0 Å². The van der Waals surface area contributed by atoms with Gasteiger partial charge in [0.15, 0.2) is 0 Å². The average Bonchev–Trinajstić information content (AvgIpc) is 2.39. The second-order valence-electron chi connectivity index (χ2n) is 4.36. The number of nitrogens with zero attached hydrogens (tertiary/aromatic N) is 2. The molecule has 0 N–H and O–H groups in total. The number of sulfonamides is 1. The number of halogens is 2. The van der Waals surface area contributed by atoms with Crippen LogP contribution in [-0.2, 0) is 10.0 Å². The molecule has 0 unspecified atom stereocenters. The highest BCUT2D eigenvalue weighted by molar-refractivity contribution is 7.89. The van der Waals surface area contributed by atoms with Gasteiger partial charge in [0.05, 0.1) is 21.5 Å². The number of benzene rings is 1. The first-order valence-electron chi connectivity index (χ1n) is 6.12. The van der Waals surface area contributed by atoms with Gasteiger partial charge < -0.3 is 4.90 Å². The molecule has 19 heavy (non-hydrogen) atoms. The standard InChI is InChI=1S/C12H16Cl2N2O2S/c1-2-19(17,18)16-8-6-15(7-9-16)12-10(13)4-3-5-11(12)14/h3-5H,2,6-9H2,1H3. The molecule has 2 rings (SSSR count). The van der Waals surface area contributed by atoms with E-state index in [1.54, 1.807) is 25.1 Å². The summed E-state index contributed by atoms with van der Waals surface area (Å²) in [6.45, 7) is 3.80. The molecule has 0 radical (unpaired) electrons. The van der Waals surface area contributed by atoms with Crippen LogP contribution in [0, 0.1) is 0 Å². The lowest BCUT2D eigenvalue weighted by Crippen LogP contribution is -2.49. The van der Waals surface area contributed by atoms with E-state index in [0.29, 0.717) is 36.2 Å². The quantitative estimate of drug-likeness (QED) is 0.858. The minimum atomic E-state index is -3.11. The van der Waals surface area contributed by atoms with E-state index in [9.17, 15) is 8.42 Å². The number of hydrogen-bond acceptors (Lipinski definition) is 3. The third kappa shape index (κ3) is 3.16. The van der Waals surface area contributed by atoms with E-state index >= 15 is 0 Å². The van der Waals surface area contributed by atoms with Crippen LogP contribution in [0.4, 0.5) is 5.69 Å². The molecule has 1 saturated heterocycles. The Hall–Kier alpha value is -0.490. The maximum atomic E-state index is 11.8. The van der Waals surface area contributed by atoms with Crippen molar-refractivity contribution in [1.29, 1.82) is 0 Å². The third-order valence-electron chi connectivity index (χ3n) is 3.25. The lowest BCUT2D eigenvalue weighted by atomic mass is 10.2. The summed E-state index contributed by atoms with van der Waals surface area (Å²) >= 11 is 12.3. The zero-order valence-electron chi connectivity index (χ0n) is 10.6. The van der Waals surface area contributed by atoms with Gasteiger partial charge >= 0.3 is 0 Å². The topological polar surface area (TPSA) is 40.6 Å². The van der Waals surface area contributed by atoms with Crippen LogP contribution < -0.4 is 4.90 Å². The Morgan fingerprint density at radius 3 is 2.11 bits per heavy atom. The summed E-state index contributed by atoms with van der Waals surface area (Å²) in [5, 5.41) is 1.19. The van der Waals surface area contributed by atoms with Crippen molar-refractivity contribution in [2.75, 3.05) is 36.8 Å². The van der Waals surface area contributed by atoms with Crippen molar-refractivity contribution in [2.45, 2.75) is 6.92 Å². The van der Waals surface area contributed by atoms with Gasteiger partial charge in [0.2, 0.25) is 10.0 Å². The zero-order valence-corrected chi connectivity index (χ0v) is 13.0. The van der Waals surface area contributed by atoms with Gasteiger partial charge in [0.25, 0.3) is 0 Å². The van der Waals surface area contributed by atoms with Crippen LogP contribution in [-0.4, -0.2) is 44.7 Å². The van der Waals surface area contributed by atoms with Crippen molar-refractivity contribution in [1.82, 2.24) is 4.31 Å². The number of para-hydroxylation sites is 1. The smallest absolute Gasteiger partial charge is 0.213 e. The Balaban J connectivity index is 2.13. The van der Waals surface area contributed by atoms with Gasteiger partial charge in [-0.1, -0.05) is 29.3 Å². The highest BCUT2D eigenvalue weighted by Gasteiger charge is 2.27. The first-order valence-corrected chi connectivity index (χ1v) is 8.49. The number of anilines is 1. The molecule has 0 amide bonds. The molecule has 0 saturated carbocycles. The summed E-state index contributed by atoms with van der Waals surface area (Å²) in [6.07, 6.45) is 0. The summed E-state index contributed by atoms with van der Waals surface area (Å²) in [6, 6.07) is 5.38. The summed E-state index contributed by atoms with van der Waals surface area (Å²) in [4.78, 5) is 2.03. The van der Waals surface area contributed by atoms with Crippen LogP contribution in [0.3, 0.4) is 0 Å². The van der Waals surface area contributed by atoms with Crippen LogP contribution in [0.25, 0.3) is 0 Å². The van der Waals surface area contributed by atoms with Crippen molar-refractivity contribution in [2.24, 2.45) is 0 Å². The molecule has 4 nitrogen and oxygen atoms in total. The minimum absolute atomic E-state index is 0.139. The molecular formula is C12H16Cl2N2O2S. The fourth-order valence-electron chi connectivity index (χ4n) is 2.16. The number of piperazine rings is 1. The minimum Gasteiger partial charge on any atom is -0.366 e. The lowest BCUT2D eigenvalue weighted by Gasteiger charge is -2.36. The molecule has 1 aliphatic heterocycles. The molecular weight excluding hydrogens is 307 g/mol. The average molecular weight is 323 g/mol. The second-order valence-corrected chi connectivity index (χ2v) is 7.43. The maximum Gasteiger partial charge on any atom is 0.213 e. The van der Waals surface area contributed by atoms with Crippen LogP contribution in [0.15, 0.2) is 18.2 Å². The summed E-state index contributed by atoms with van der Waals surface area (Å²) in [5.41, 5.74) is 0.791. The van der Waals surface area contributed by atoms with Crippen molar-refractivity contribution in [3.63, 3.8) is 0 Å². The van der Waals surface area contributed by atoms with Gasteiger partial charge in [-0.05, 0) is 19.1 Å². The first kappa shape index (κ1) is 14.9. The van der Waals surface area contributed by atoms with Crippen molar-refractivity contribution < 1.29 is 8.42 Å². The SMILES string of the molecule is CCS(=O)(=O)N1CCN(c2c(Cl)cccc2Cl)CC1. The van der Waals surface area contributed by atoms with Crippen LogP contribution in [0.1, 0.15) is 6.92 Å². The molecule has 0 bridgehead atoms. The monoisotopic (exact) mass is 322 g/mol. The van der Waals surface area contributed by atoms with Crippen molar-refractivity contribution in [3.8, 4) is 0 Å². The Labute approximate surface area is 124 Å². The highest BCUT2D eigenvalue weighted by atomic mass is 35.5. The van der Waals surface area contributed by atoms with E-state index in [-0.39, 0.29) is 5.75 Å². The van der Waals surface area contributed by atoms with Crippen LogP contribution in [0.2, 0.25) is 10.0 Å². The fraction of sp³-hybridized carbons (Fsp3) is 0.500. The normalized spacial score (nSPS) is 17.7. The zero-order chi connectivity index (χ0) is 14.0.